The maximum Gasteiger partial charge on any atom is 0.0664 e. The van der Waals surface area contributed by atoms with Crippen molar-refractivity contribution in [1.29, 1.82) is 0 Å². The molecular formula is C10H21NO. The van der Waals surface area contributed by atoms with Gasteiger partial charge in [0.15, 0.2) is 0 Å². The van der Waals surface area contributed by atoms with Crippen molar-refractivity contribution < 1.29 is 5.11 Å². The zero-order valence-corrected chi connectivity index (χ0v) is 8.21. The number of aliphatic hydroxyl groups is 1. The smallest absolute Gasteiger partial charge is 0.0664 e. The van der Waals surface area contributed by atoms with E-state index in [2.05, 4.69) is 19.2 Å². The minimum atomic E-state index is -0.131. The molecule has 0 radical (unpaired) electrons. The van der Waals surface area contributed by atoms with Gasteiger partial charge in [0.05, 0.1) is 6.10 Å². The molecule has 1 aliphatic carbocycles. The summed E-state index contributed by atoms with van der Waals surface area (Å²) in [6.07, 6.45) is 4.55. The topological polar surface area (TPSA) is 32.3 Å². The first kappa shape index (κ1) is 10.0. The van der Waals surface area contributed by atoms with Crippen molar-refractivity contribution in [3.05, 3.63) is 0 Å². The highest BCUT2D eigenvalue weighted by Gasteiger charge is 2.21. The van der Waals surface area contributed by atoms with E-state index in [-0.39, 0.29) is 6.10 Å². The van der Waals surface area contributed by atoms with E-state index in [0.717, 1.165) is 25.4 Å². The molecule has 0 aliphatic heterocycles. The molecule has 1 unspecified atom stereocenters. The van der Waals surface area contributed by atoms with Crippen LogP contribution in [0.25, 0.3) is 0 Å². The lowest BCUT2D eigenvalue weighted by atomic mass is 10.1. The number of hydrogen-bond acceptors (Lipinski definition) is 2. The second-order valence-electron chi connectivity index (χ2n) is 4.31. The molecule has 0 bridgehead atoms. The van der Waals surface area contributed by atoms with Gasteiger partial charge in [0.25, 0.3) is 0 Å². The Hall–Kier alpha value is -0.0800. The predicted molar refractivity (Wildman–Crippen MR) is 51.1 cm³/mol. The Morgan fingerprint density at radius 2 is 2.00 bits per heavy atom. The van der Waals surface area contributed by atoms with Gasteiger partial charge < -0.3 is 10.4 Å². The van der Waals surface area contributed by atoms with Crippen LogP contribution in [0, 0.1) is 5.92 Å². The van der Waals surface area contributed by atoms with Crippen molar-refractivity contribution in [1.82, 2.24) is 5.32 Å². The fourth-order valence-electron chi connectivity index (χ4n) is 1.22. The fourth-order valence-corrected chi connectivity index (χ4v) is 1.22. The first-order valence-corrected chi connectivity index (χ1v) is 5.10. The van der Waals surface area contributed by atoms with E-state index in [1.165, 1.54) is 12.8 Å². The van der Waals surface area contributed by atoms with E-state index >= 15 is 0 Å². The van der Waals surface area contributed by atoms with Crippen LogP contribution in [0.4, 0.5) is 0 Å². The number of aliphatic hydroxyl groups excluding tert-OH is 1. The number of hydrogen-bond donors (Lipinski definition) is 2. The molecule has 0 amide bonds. The fraction of sp³-hybridized carbons (Fsp3) is 1.00. The van der Waals surface area contributed by atoms with Crippen LogP contribution in [0.1, 0.15) is 39.5 Å². The molecule has 1 saturated carbocycles. The third kappa shape index (κ3) is 4.73. The highest BCUT2D eigenvalue weighted by molar-refractivity contribution is 4.81. The molecule has 1 fully saturated rings. The lowest BCUT2D eigenvalue weighted by molar-refractivity contribution is 0.153. The van der Waals surface area contributed by atoms with Crippen LogP contribution >= 0.6 is 0 Å². The Morgan fingerprint density at radius 1 is 1.33 bits per heavy atom. The molecule has 1 aliphatic rings. The molecular weight excluding hydrogens is 150 g/mol. The predicted octanol–water partition coefficient (Wildman–Crippen LogP) is 1.54. The molecule has 0 aromatic heterocycles. The maximum absolute atomic E-state index is 9.51. The molecule has 2 nitrogen and oxygen atoms in total. The monoisotopic (exact) mass is 171 g/mol. The van der Waals surface area contributed by atoms with Crippen LogP contribution in [-0.2, 0) is 0 Å². The summed E-state index contributed by atoms with van der Waals surface area (Å²) in [5.41, 5.74) is 0. The average molecular weight is 171 g/mol. The van der Waals surface area contributed by atoms with Crippen LogP contribution in [0.3, 0.4) is 0 Å². The third-order valence-electron chi connectivity index (χ3n) is 2.30. The average Bonchev–Trinajstić information content (AvgIpc) is 2.80. The molecule has 0 aromatic carbocycles. The van der Waals surface area contributed by atoms with E-state index in [1.54, 1.807) is 0 Å². The SMILES string of the molecule is CC(C)CCC(O)CNC1CC1. The Labute approximate surface area is 75.4 Å². The summed E-state index contributed by atoms with van der Waals surface area (Å²) in [5.74, 6) is 0.709. The Bertz CT molecular complexity index is 115. The quantitative estimate of drug-likeness (QED) is 0.635. The van der Waals surface area contributed by atoms with E-state index < -0.39 is 0 Å². The molecule has 0 aromatic rings. The normalized spacial score (nSPS) is 20.0. The zero-order valence-electron chi connectivity index (χ0n) is 8.21. The van der Waals surface area contributed by atoms with E-state index in [1.807, 2.05) is 0 Å². The van der Waals surface area contributed by atoms with Gasteiger partial charge in [-0.05, 0) is 31.6 Å². The van der Waals surface area contributed by atoms with Gasteiger partial charge in [-0.25, -0.2) is 0 Å². The highest BCUT2D eigenvalue weighted by atomic mass is 16.3. The maximum atomic E-state index is 9.51. The highest BCUT2D eigenvalue weighted by Crippen LogP contribution is 2.18. The first-order valence-electron chi connectivity index (χ1n) is 5.10. The summed E-state index contributed by atoms with van der Waals surface area (Å²) in [5, 5.41) is 12.8. The molecule has 12 heavy (non-hydrogen) atoms. The third-order valence-corrected chi connectivity index (χ3v) is 2.30. The Kier molecular flexibility index (Phi) is 4.02. The van der Waals surface area contributed by atoms with Crippen molar-refractivity contribution in [2.24, 2.45) is 5.92 Å². The summed E-state index contributed by atoms with van der Waals surface area (Å²) in [4.78, 5) is 0. The lowest BCUT2D eigenvalue weighted by Gasteiger charge is -2.12. The molecule has 0 saturated heterocycles. The molecule has 1 atom stereocenters. The van der Waals surface area contributed by atoms with E-state index in [9.17, 15) is 5.11 Å². The summed E-state index contributed by atoms with van der Waals surface area (Å²) < 4.78 is 0. The minimum Gasteiger partial charge on any atom is -0.392 e. The Morgan fingerprint density at radius 3 is 2.50 bits per heavy atom. The van der Waals surface area contributed by atoms with Gasteiger partial charge in [-0.2, -0.15) is 0 Å². The first-order chi connectivity index (χ1) is 5.68. The van der Waals surface area contributed by atoms with Gasteiger partial charge in [0, 0.05) is 12.6 Å². The van der Waals surface area contributed by atoms with Crippen LogP contribution in [0.5, 0.6) is 0 Å². The van der Waals surface area contributed by atoms with Crippen molar-refractivity contribution in [2.45, 2.75) is 51.7 Å². The molecule has 72 valence electrons. The van der Waals surface area contributed by atoms with Gasteiger partial charge in [0.2, 0.25) is 0 Å². The van der Waals surface area contributed by atoms with Gasteiger partial charge in [-0.3, -0.25) is 0 Å². The second-order valence-corrected chi connectivity index (χ2v) is 4.31. The minimum absolute atomic E-state index is 0.131. The number of nitrogens with one attached hydrogen (secondary N) is 1. The number of rotatable bonds is 6. The van der Waals surface area contributed by atoms with Crippen molar-refractivity contribution in [3.63, 3.8) is 0 Å². The van der Waals surface area contributed by atoms with Crippen molar-refractivity contribution in [2.75, 3.05) is 6.54 Å². The van der Waals surface area contributed by atoms with Gasteiger partial charge in [-0.15, -0.1) is 0 Å². The van der Waals surface area contributed by atoms with E-state index in [4.69, 9.17) is 0 Å². The molecule has 0 heterocycles. The molecule has 1 rings (SSSR count). The summed E-state index contributed by atoms with van der Waals surface area (Å²) >= 11 is 0. The van der Waals surface area contributed by atoms with Crippen molar-refractivity contribution >= 4 is 0 Å². The Balaban J connectivity index is 1.91. The zero-order chi connectivity index (χ0) is 8.97. The molecule has 0 spiro atoms. The lowest BCUT2D eigenvalue weighted by Crippen LogP contribution is -2.28. The van der Waals surface area contributed by atoms with Gasteiger partial charge >= 0.3 is 0 Å². The van der Waals surface area contributed by atoms with Crippen LogP contribution in [-0.4, -0.2) is 23.8 Å². The summed E-state index contributed by atoms with van der Waals surface area (Å²) in [6, 6.07) is 0.721. The van der Waals surface area contributed by atoms with Gasteiger partial charge in [-0.1, -0.05) is 13.8 Å². The van der Waals surface area contributed by atoms with Crippen molar-refractivity contribution in [3.8, 4) is 0 Å². The molecule has 2 N–H and O–H groups in total. The largest absolute Gasteiger partial charge is 0.392 e. The van der Waals surface area contributed by atoms with E-state index in [0.29, 0.717) is 5.92 Å². The molecule has 2 heteroatoms. The summed E-state index contributed by atoms with van der Waals surface area (Å²) in [7, 11) is 0. The van der Waals surface area contributed by atoms with Crippen LogP contribution < -0.4 is 5.32 Å². The van der Waals surface area contributed by atoms with Crippen LogP contribution in [0.2, 0.25) is 0 Å². The van der Waals surface area contributed by atoms with Gasteiger partial charge in [0.1, 0.15) is 0 Å². The standard InChI is InChI=1S/C10H21NO/c1-8(2)3-6-10(12)7-11-9-4-5-9/h8-12H,3-7H2,1-2H3. The summed E-state index contributed by atoms with van der Waals surface area (Å²) in [6.45, 7) is 5.18. The second kappa shape index (κ2) is 4.83. The van der Waals surface area contributed by atoms with Crippen LogP contribution in [0.15, 0.2) is 0 Å².